The average Bonchev–Trinajstić information content (AvgIpc) is 3.09. The number of nitrogens with zero attached hydrogens (tertiary/aromatic N) is 1. The Labute approximate surface area is 116 Å². The maximum Gasteiger partial charge on any atom is 0.242 e. The normalized spacial score (nSPS) is 27.4. The van der Waals surface area contributed by atoms with E-state index < -0.39 is 0 Å². The molecule has 6 heteroatoms. The van der Waals surface area contributed by atoms with Crippen LogP contribution in [0.1, 0.15) is 24.4 Å². The minimum Gasteiger partial charge on any atom is -0.353 e. The van der Waals surface area contributed by atoms with Crippen molar-refractivity contribution in [3.8, 4) is 0 Å². The minimum atomic E-state index is -0.281. The fraction of sp³-hybridized carbons (Fsp3) is 0.538. The van der Waals surface area contributed by atoms with Gasteiger partial charge >= 0.3 is 0 Å². The van der Waals surface area contributed by atoms with Crippen molar-refractivity contribution < 1.29 is 9.59 Å². The van der Waals surface area contributed by atoms with E-state index in [2.05, 4.69) is 27.5 Å². The van der Waals surface area contributed by atoms with Crippen molar-refractivity contribution in [3.05, 3.63) is 22.4 Å². The van der Waals surface area contributed by atoms with E-state index >= 15 is 0 Å². The van der Waals surface area contributed by atoms with Crippen molar-refractivity contribution in [2.75, 3.05) is 19.6 Å². The van der Waals surface area contributed by atoms with E-state index in [0.717, 1.165) is 19.4 Å². The van der Waals surface area contributed by atoms with Gasteiger partial charge in [-0.15, -0.1) is 0 Å². The molecule has 2 amide bonds. The van der Waals surface area contributed by atoms with Crippen molar-refractivity contribution in [2.45, 2.75) is 24.9 Å². The number of thiophene rings is 1. The SMILES string of the molecule is O=C1CNC(C(=O)N2CCCC2c2ccsc2)CN1. The first-order valence-electron chi connectivity index (χ1n) is 6.58. The van der Waals surface area contributed by atoms with E-state index in [0.29, 0.717) is 6.54 Å². The summed E-state index contributed by atoms with van der Waals surface area (Å²) >= 11 is 1.67. The summed E-state index contributed by atoms with van der Waals surface area (Å²) in [6, 6.07) is 2.02. The monoisotopic (exact) mass is 279 g/mol. The molecule has 19 heavy (non-hydrogen) atoms. The van der Waals surface area contributed by atoms with E-state index in [4.69, 9.17) is 0 Å². The van der Waals surface area contributed by atoms with Gasteiger partial charge in [0.1, 0.15) is 6.04 Å². The highest BCUT2D eigenvalue weighted by molar-refractivity contribution is 7.07. The summed E-state index contributed by atoms with van der Waals surface area (Å²) in [7, 11) is 0. The third-order valence-corrected chi connectivity index (χ3v) is 4.48. The Bertz CT molecular complexity index is 464. The Balaban J connectivity index is 1.70. The zero-order valence-electron chi connectivity index (χ0n) is 10.6. The molecule has 1 aromatic rings. The van der Waals surface area contributed by atoms with Gasteiger partial charge in [-0.3, -0.25) is 14.9 Å². The fourth-order valence-electron chi connectivity index (χ4n) is 2.78. The third kappa shape index (κ3) is 2.50. The zero-order chi connectivity index (χ0) is 13.2. The van der Waals surface area contributed by atoms with Gasteiger partial charge in [-0.2, -0.15) is 11.3 Å². The minimum absolute atomic E-state index is 0.0418. The number of piperazine rings is 1. The fourth-order valence-corrected chi connectivity index (χ4v) is 3.49. The van der Waals surface area contributed by atoms with Gasteiger partial charge in [-0.1, -0.05) is 0 Å². The highest BCUT2D eigenvalue weighted by atomic mass is 32.1. The van der Waals surface area contributed by atoms with Gasteiger partial charge in [0.25, 0.3) is 0 Å². The Kier molecular flexibility index (Phi) is 3.52. The molecule has 5 nitrogen and oxygen atoms in total. The van der Waals surface area contributed by atoms with Crippen LogP contribution in [0, 0.1) is 0 Å². The summed E-state index contributed by atoms with van der Waals surface area (Å²) in [4.78, 5) is 25.6. The molecule has 0 radical (unpaired) electrons. The van der Waals surface area contributed by atoms with Crippen molar-refractivity contribution >= 4 is 23.2 Å². The molecule has 2 saturated heterocycles. The highest BCUT2D eigenvalue weighted by Crippen LogP contribution is 2.33. The van der Waals surface area contributed by atoms with Gasteiger partial charge in [0.15, 0.2) is 0 Å². The van der Waals surface area contributed by atoms with Crippen molar-refractivity contribution in [1.82, 2.24) is 15.5 Å². The van der Waals surface area contributed by atoms with Gasteiger partial charge in [-0.05, 0) is 35.2 Å². The summed E-state index contributed by atoms with van der Waals surface area (Å²) in [5.41, 5.74) is 1.23. The first kappa shape index (κ1) is 12.6. The van der Waals surface area contributed by atoms with Crippen LogP contribution in [0.3, 0.4) is 0 Å². The topological polar surface area (TPSA) is 61.4 Å². The number of amides is 2. The lowest BCUT2D eigenvalue weighted by Gasteiger charge is -2.31. The van der Waals surface area contributed by atoms with E-state index in [1.165, 1.54) is 5.56 Å². The molecule has 2 fully saturated rings. The number of nitrogens with one attached hydrogen (secondary N) is 2. The predicted octanol–water partition coefficient (Wildman–Crippen LogP) is 0.500. The second kappa shape index (κ2) is 5.30. The van der Waals surface area contributed by atoms with Crippen molar-refractivity contribution in [2.24, 2.45) is 0 Å². The molecular weight excluding hydrogens is 262 g/mol. The Hall–Kier alpha value is -1.40. The molecule has 0 aliphatic carbocycles. The molecule has 1 aromatic heterocycles. The lowest BCUT2D eigenvalue weighted by atomic mass is 10.1. The molecule has 0 aromatic carbocycles. The molecule has 3 rings (SSSR count). The molecule has 2 atom stereocenters. The average molecular weight is 279 g/mol. The van der Waals surface area contributed by atoms with E-state index in [1.807, 2.05) is 4.90 Å². The van der Waals surface area contributed by atoms with Crippen LogP contribution < -0.4 is 10.6 Å². The molecular formula is C13H17N3O2S. The van der Waals surface area contributed by atoms with E-state index in [9.17, 15) is 9.59 Å². The molecule has 2 aliphatic heterocycles. The van der Waals surface area contributed by atoms with Crippen LogP contribution in [-0.4, -0.2) is 42.4 Å². The Morgan fingerprint density at radius 2 is 2.37 bits per heavy atom. The zero-order valence-corrected chi connectivity index (χ0v) is 11.4. The van der Waals surface area contributed by atoms with Gasteiger partial charge < -0.3 is 10.2 Å². The molecule has 2 N–H and O–H groups in total. The van der Waals surface area contributed by atoms with E-state index in [-0.39, 0.29) is 30.4 Å². The molecule has 0 spiro atoms. The summed E-state index contributed by atoms with van der Waals surface area (Å²) in [5.74, 6) is 0.0635. The maximum absolute atomic E-state index is 12.5. The lowest BCUT2D eigenvalue weighted by molar-refractivity contribution is -0.135. The van der Waals surface area contributed by atoms with Crippen LogP contribution in [0.15, 0.2) is 16.8 Å². The van der Waals surface area contributed by atoms with Crippen LogP contribution in [0.2, 0.25) is 0 Å². The van der Waals surface area contributed by atoms with Crippen LogP contribution in [0.25, 0.3) is 0 Å². The highest BCUT2D eigenvalue weighted by Gasteiger charge is 2.35. The number of carbonyl (C=O) groups excluding carboxylic acids is 2. The predicted molar refractivity (Wildman–Crippen MR) is 72.8 cm³/mol. The molecule has 2 unspecified atom stereocenters. The molecule has 0 bridgehead atoms. The van der Waals surface area contributed by atoms with Gasteiger partial charge in [-0.25, -0.2) is 0 Å². The smallest absolute Gasteiger partial charge is 0.242 e. The van der Waals surface area contributed by atoms with Gasteiger partial charge in [0.05, 0.1) is 12.6 Å². The first-order chi connectivity index (χ1) is 9.25. The summed E-state index contributed by atoms with van der Waals surface area (Å²) in [6.45, 7) is 1.43. The van der Waals surface area contributed by atoms with Crippen molar-refractivity contribution in [1.29, 1.82) is 0 Å². The molecule has 2 aliphatic rings. The first-order valence-corrected chi connectivity index (χ1v) is 7.52. The number of hydrogen-bond acceptors (Lipinski definition) is 4. The van der Waals surface area contributed by atoms with Crippen LogP contribution in [-0.2, 0) is 9.59 Å². The second-order valence-corrected chi connectivity index (χ2v) is 5.76. The quantitative estimate of drug-likeness (QED) is 0.829. The largest absolute Gasteiger partial charge is 0.353 e. The van der Waals surface area contributed by atoms with Crippen LogP contribution in [0.4, 0.5) is 0 Å². The Morgan fingerprint density at radius 1 is 1.47 bits per heavy atom. The number of rotatable bonds is 2. The summed E-state index contributed by atoms with van der Waals surface area (Å²) in [5, 5.41) is 9.92. The summed E-state index contributed by atoms with van der Waals surface area (Å²) < 4.78 is 0. The molecule has 0 saturated carbocycles. The van der Waals surface area contributed by atoms with Crippen molar-refractivity contribution in [3.63, 3.8) is 0 Å². The molecule has 102 valence electrons. The second-order valence-electron chi connectivity index (χ2n) is 4.98. The third-order valence-electron chi connectivity index (χ3n) is 3.77. The van der Waals surface area contributed by atoms with E-state index in [1.54, 1.807) is 11.3 Å². The van der Waals surface area contributed by atoms with Gasteiger partial charge in [0.2, 0.25) is 11.8 Å². The maximum atomic E-state index is 12.5. The summed E-state index contributed by atoms with van der Waals surface area (Å²) in [6.07, 6.45) is 2.08. The number of hydrogen-bond donors (Lipinski definition) is 2. The standard InChI is InChI=1S/C13H17N3O2S/c17-12-7-14-10(6-15-12)13(18)16-4-1-2-11(16)9-3-5-19-8-9/h3,5,8,10-11,14H,1-2,4,6-7H2,(H,15,17). The van der Waals surface area contributed by atoms with Crippen LogP contribution in [0.5, 0.6) is 0 Å². The number of likely N-dealkylation sites (tertiary alicyclic amines) is 1. The Morgan fingerprint density at radius 3 is 3.05 bits per heavy atom. The van der Waals surface area contributed by atoms with Gasteiger partial charge in [0, 0.05) is 13.1 Å². The molecule has 3 heterocycles. The number of carbonyl (C=O) groups is 2. The lowest BCUT2D eigenvalue weighted by Crippen LogP contribution is -2.58. The van der Waals surface area contributed by atoms with Crippen LogP contribution >= 0.6 is 11.3 Å².